The van der Waals surface area contributed by atoms with Crippen molar-refractivity contribution in [1.29, 1.82) is 5.26 Å². The van der Waals surface area contributed by atoms with Crippen molar-refractivity contribution in [2.75, 3.05) is 50.0 Å². The molecule has 2 aromatic heterocycles. The van der Waals surface area contributed by atoms with Gasteiger partial charge in [-0.25, -0.2) is 13.2 Å². The van der Waals surface area contributed by atoms with Crippen molar-refractivity contribution in [3.8, 4) is 12.1 Å². The van der Waals surface area contributed by atoms with Crippen LogP contribution in [0, 0.1) is 23.0 Å². The minimum atomic E-state index is -0.820. The van der Waals surface area contributed by atoms with Crippen molar-refractivity contribution in [3.63, 3.8) is 0 Å². The number of nitrogens with two attached hydrogens (primary N) is 1. The summed E-state index contributed by atoms with van der Waals surface area (Å²) < 4.78 is 54.2. The van der Waals surface area contributed by atoms with Gasteiger partial charge in [0.15, 0.2) is 5.82 Å². The Bertz CT molecular complexity index is 1740. The van der Waals surface area contributed by atoms with Gasteiger partial charge in [0.2, 0.25) is 0 Å². The molecule has 4 aliphatic heterocycles. The van der Waals surface area contributed by atoms with Crippen molar-refractivity contribution in [1.82, 2.24) is 20.2 Å². The van der Waals surface area contributed by atoms with Gasteiger partial charge in [-0.3, -0.25) is 4.90 Å². The van der Waals surface area contributed by atoms with E-state index in [1.807, 2.05) is 6.07 Å². The summed E-state index contributed by atoms with van der Waals surface area (Å²) in [7, 11) is 0. The summed E-state index contributed by atoms with van der Waals surface area (Å²) >= 11 is 0.941. The summed E-state index contributed by atoms with van der Waals surface area (Å²) in [6.45, 7) is 6.18. The normalized spacial score (nSPS) is 21.7. The van der Waals surface area contributed by atoms with E-state index in [1.165, 1.54) is 12.1 Å². The van der Waals surface area contributed by atoms with E-state index >= 15 is 13.2 Å². The minimum Gasteiger partial charge on any atom is -0.461 e. The molecule has 230 valence electrons. The highest BCUT2D eigenvalue weighted by molar-refractivity contribution is 7.17. The van der Waals surface area contributed by atoms with E-state index in [4.69, 9.17) is 20.7 Å². The molecule has 12 heteroatoms. The van der Waals surface area contributed by atoms with Gasteiger partial charge in [0, 0.05) is 31.2 Å². The number of aryl methyl sites for hydroxylation is 1. The number of fused-ring (bicyclic) bond motifs is 3. The van der Waals surface area contributed by atoms with Gasteiger partial charge in [-0.2, -0.15) is 15.2 Å². The fraction of sp³-hybridized carbons (Fsp3) is 0.469. The van der Waals surface area contributed by atoms with Crippen LogP contribution in [0.1, 0.15) is 60.6 Å². The predicted molar refractivity (Wildman–Crippen MR) is 166 cm³/mol. The van der Waals surface area contributed by atoms with Crippen LogP contribution < -0.4 is 20.7 Å². The van der Waals surface area contributed by atoms with Crippen LogP contribution >= 0.6 is 11.3 Å². The van der Waals surface area contributed by atoms with E-state index in [0.717, 1.165) is 62.7 Å². The number of nitrogen functional groups attached to an aromatic ring is 1. The number of aromatic nitrogens is 2. The molecule has 1 atom stereocenters. The SMILES string of the molecule is C/C(=C\C=C(\F)c1cc(C#N)c(N)s1)c1c(F)c2c3c(nc(OCC45CCCN4CCC5)nc3c1F)N1CCNCC1CC2. The van der Waals surface area contributed by atoms with E-state index in [0.29, 0.717) is 49.3 Å². The number of ether oxygens (including phenoxy) is 1. The Morgan fingerprint density at radius 3 is 2.77 bits per heavy atom. The number of halogens is 3. The first-order chi connectivity index (χ1) is 21.3. The Kier molecular flexibility index (Phi) is 7.51. The zero-order chi connectivity index (χ0) is 30.6. The van der Waals surface area contributed by atoms with E-state index < -0.39 is 17.5 Å². The lowest BCUT2D eigenvalue weighted by Crippen LogP contribution is -2.51. The molecule has 0 aliphatic carbocycles. The van der Waals surface area contributed by atoms with E-state index in [2.05, 4.69) is 20.1 Å². The largest absolute Gasteiger partial charge is 0.461 e. The lowest BCUT2D eigenvalue weighted by Gasteiger charge is -2.36. The van der Waals surface area contributed by atoms with Gasteiger partial charge < -0.3 is 20.7 Å². The Morgan fingerprint density at radius 2 is 2.02 bits per heavy atom. The molecule has 4 aliphatic rings. The molecule has 6 heterocycles. The molecule has 0 amide bonds. The van der Waals surface area contributed by atoms with Gasteiger partial charge in [0.05, 0.1) is 26.9 Å². The third kappa shape index (κ3) is 4.82. The number of hydrogen-bond donors (Lipinski definition) is 2. The minimum absolute atomic E-state index is 0.0182. The van der Waals surface area contributed by atoms with E-state index in [-0.39, 0.29) is 49.7 Å². The van der Waals surface area contributed by atoms with Crippen LogP contribution in [-0.4, -0.2) is 65.8 Å². The quantitative estimate of drug-likeness (QED) is 0.345. The smallest absolute Gasteiger partial charge is 0.319 e. The van der Waals surface area contributed by atoms with Crippen molar-refractivity contribution >= 4 is 44.5 Å². The Hall–Kier alpha value is -3.66. The van der Waals surface area contributed by atoms with Gasteiger partial charge in [-0.15, -0.1) is 11.3 Å². The third-order valence-electron chi connectivity index (χ3n) is 9.70. The maximum absolute atomic E-state index is 16.5. The van der Waals surface area contributed by atoms with Crippen LogP contribution in [0.2, 0.25) is 0 Å². The lowest BCUT2D eigenvalue weighted by atomic mass is 9.95. The first-order valence-corrected chi connectivity index (χ1v) is 16.0. The summed E-state index contributed by atoms with van der Waals surface area (Å²) in [4.78, 5) is 14.2. The first-order valence-electron chi connectivity index (χ1n) is 15.2. The van der Waals surface area contributed by atoms with Crippen LogP contribution in [0.5, 0.6) is 6.01 Å². The van der Waals surface area contributed by atoms with E-state index in [1.54, 1.807) is 6.92 Å². The number of benzene rings is 1. The van der Waals surface area contributed by atoms with E-state index in [9.17, 15) is 0 Å². The molecule has 3 saturated heterocycles. The lowest BCUT2D eigenvalue weighted by molar-refractivity contribution is 0.108. The molecule has 3 fully saturated rings. The van der Waals surface area contributed by atoms with Crippen molar-refractivity contribution in [3.05, 3.63) is 51.4 Å². The van der Waals surface area contributed by atoms with Crippen LogP contribution in [0.25, 0.3) is 22.3 Å². The van der Waals surface area contributed by atoms with Crippen LogP contribution in [0.15, 0.2) is 18.2 Å². The number of hydrogen-bond acceptors (Lipinski definition) is 9. The number of thiophene rings is 1. The molecule has 7 rings (SSSR count). The van der Waals surface area contributed by atoms with Crippen LogP contribution in [0.3, 0.4) is 0 Å². The standard InChI is InChI=1S/C32H34F3N7OS/c1-18(4-7-22(33)23-14-19(15-36)29(37)44-23)24-26(34)21-6-5-20-16-38-10-13-42(20)30-25(21)28(27(24)35)39-31(40-30)43-17-32-8-2-11-41(32)12-3-9-32/h4,7,14,20,38H,2-3,5-6,8-13,16-17,37H2,1H3/b18-4+,22-7+. The average molecular weight is 622 g/mol. The summed E-state index contributed by atoms with van der Waals surface area (Å²) in [5, 5.41) is 13.2. The average Bonchev–Trinajstić information content (AvgIpc) is 3.69. The van der Waals surface area contributed by atoms with Gasteiger partial charge >= 0.3 is 6.01 Å². The fourth-order valence-electron chi connectivity index (χ4n) is 7.44. The zero-order valence-corrected chi connectivity index (χ0v) is 25.4. The molecule has 8 nitrogen and oxygen atoms in total. The maximum Gasteiger partial charge on any atom is 0.319 e. The molecule has 44 heavy (non-hydrogen) atoms. The molecule has 0 bridgehead atoms. The van der Waals surface area contributed by atoms with Gasteiger partial charge in [-0.1, -0.05) is 6.08 Å². The van der Waals surface area contributed by atoms with Gasteiger partial charge in [0.25, 0.3) is 0 Å². The molecule has 0 radical (unpaired) electrons. The Morgan fingerprint density at radius 1 is 1.23 bits per heavy atom. The second-order valence-corrected chi connectivity index (χ2v) is 13.3. The highest BCUT2D eigenvalue weighted by Crippen LogP contribution is 2.42. The third-order valence-corrected chi connectivity index (χ3v) is 10.7. The molecule has 1 unspecified atom stereocenters. The second kappa shape index (κ2) is 11.4. The molecule has 1 aromatic carbocycles. The Balaban J connectivity index is 1.32. The molecule has 3 N–H and O–H groups in total. The van der Waals surface area contributed by atoms with Crippen LogP contribution in [0.4, 0.5) is 24.0 Å². The second-order valence-electron chi connectivity index (χ2n) is 12.2. The summed E-state index contributed by atoms with van der Waals surface area (Å²) in [6, 6.07) is 3.45. The number of allylic oxidation sites excluding steroid dienone is 3. The zero-order valence-electron chi connectivity index (χ0n) is 24.6. The highest BCUT2D eigenvalue weighted by Gasteiger charge is 2.45. The topological polar surface area (TPSA) is 103 Å². The summed E-state index contributed by atoms with van der Waals surface area (Å²) in [5.74, 6) is -1.64. The Labute approximate surface area is 258 Å². The number of piperazine rings is 1. The molecule has 3 aromatic rings. The fourth-order valence-corrected chi connectivity index (χ4v) is 8.23. The molecular weight excluding hydrogens is 587 g/mol. The summed E-state index contributed by atoms with van der Waals surface area (Å²) in [6.07, 6.45) is 7.86. The molecule has 0 spiro atoms. The maximum atomic E-state index is 16.5. The number of nitrogens with one attached hydrogen (secondary N) is 1. The van der Waals surface area contributed by atoms with Crippen LogP contribution in [-0.2, 0) is 6.42 Å². The van der Waals surface area contributed by atoms with Crippen molar-refractivity contribution in [2.24, 2.45) is 0 Å². The first kappa shape index (κ1) is 29.1. The number of nitriles is 1. The molecule has 0 saturated carbocycles. The van der Waals surface area contributed by atoms with Crippen molar-refractivity contribution in [2.45, 2.75) is 57.0 Å². The highest BCUT2D eigenvalue weighted by atomic mass is 32.1. The number of nitrogens with zero attached hydrogens (tertiary/aromatic N) is 5. The molecular formula is C32H34F3N7OS. The number of rotatable bonds is 6. The van der Waals surface area contributed by atoms with Crippen molar-refractivity contribution < 1.29 is 17.9 Å². The van der Waals surface area contributed by atoms with Gasteiger partial charge in [-0.05, 0) is 76.3 Å². The monoisotopic (exact) mass is 621 g/mol. The van der Waals surface area contributed by atoms with Gasteiger partial charge in [0.1, 0.15) is 40.7 Å². The summed E-state index contributed by atoms with van der Waals surface area (Å²) in [5.41, 5.74) is 6.27. The number of anilines is 2. The predicted octanol–water partition coefficient (Wildman–Crippen LogP) is 5.57.